The van der Waals surface area contributed by atoms with Gasteiger partial charge in [-0.1, -0.05) is 22.8 Å². The number of hydrogen-bond donors (Lipinski definition) is 1. The number of rotatable bonds is 2. The third-order valence-electron chi connectivity index (χ3n) is 2.79. The lowest BCUT2D eigenvalue weighted by Gasteiger charge is -2.05. The molecule has 0 aliphatic carbocycles. The Balaban J connectivity index is 2.27. The maximum atomic E-state index is 14.1. The van der Waals surface area contributed by atoms with E-state index >= 15 is 0 Å². The first-order valence-corrected chi connectivity index (χ1v) is 6.95. The number of anilines is 1. The van der Waals surface area contributed by atoms with E-state index in [0.717, 1.165) is 5.01 Å². The van der Waals surface area contributed by atoms with Crippen LogP contribution in [-0.4, -0.2) is 10.1 Å². The van der Waals surface area contributed by atoms with Gasteiger partial charge in [0.25, 0.3) is 0 Å². The summed E-state index contributed by atoms with van der Waals surface area (Å²) < 4.78 is 19.1. The largest absolute Gasteiger partial charge is 0.367 e. The van der Waals surface area contributed by atoms with Gasteiger partial charge in [0.15, 0.2) is 0 Å². The lowest BCUT2D eigenvalue weighted by atomic mass is 10.0. The Morgan fingerprint density at radius 3 is 2.80 bits per heavy atom. The van der Waals surface area contributed by atoms with E-state index < -0.39 is 5.82 Å². The van der Waals surface area contributed by atoms with Gasteiger partial charge in [0.05, 0.1) is 15.6 Å². The molecule has 0 amide bonds. The second-order valence-electron chi connectivity index (χ2n) is 4.12. The number of nitrogen functional groups attached to an aromatic ring is 1. The number of halogens is 2. The van der Waals surface area contributed by atoms with Crippen molar-refractivity contribution in [2.75, 3.05) is 5.73 Å². The molecule has 102 valence electrons. The van der Waals surface area contributed by atoms with Crippen LogP contribution in [0.5, 0.6) is 0 Å². The molecule has 0 aliphatic rings. The fraction of sp³-hybridized carbons (Fsp3) is 0.0769. The van der Waals surface area contributed by atoms with Crippen LogP contribution in [-0.2, 0) is 0 Å². The van der Waals surface area contributed by atoms with Crippen LogP contribution in [0.2, 0.25) is 5.02 Å². The summed E-state index contributed by atoms with van der Waals surface area (Å²) in [6, 6.07) is 4.42. The summed E-state index contributed by atoms with van der Waals surface area (Å²) in [5, 5.41) is 6.80. The van der Waals surface area contributed by atoms with Crippen molar-refractivity contribution >= 4 is 28.8 Å². The zero-order valence-electron chi connectivity index (χ0n) is 10.4. The van der Waals surface area contributed by atoms with E-state index in [2.05, 4.69) is 10.1 Å². The molecule has 0 unspecified atom stereocenters. The van der Waals surface area contributed by atoms with Gasteiger partial charge in [-0.25, -0.2) is 9.37 Å². The second kappa shape index (κ2) is 4.88. The van der Waals surface area contributed by atoms with E-state index in [0.29, 0.717) is 17.0 Å². The summed E-state index contributed by atoms with van der Waals surface area (Å²) in [7, 11) is 0. The number of aromatic nitrogens is 2. The normalized spacial score (nSPS) is 10.9. The van der Waals surface area contributed by atoms with Crippen molar-refractivity contribution in [1.82, 2.24) is 10.1 Å². The first kappa shape index (κ1) is 13.1. The van der Waals surface area contributed by atoms with Gasteiger partial charge in [-0.15, -0.1) is 11.3 Å². The molecule has 0 bridgehead atoms. The molecule has 2 aromatic heterocycles. The quantitative estimate of drug-likeness (QED) is 0.772. The highest BCUT2D eigenvalue weighted by Crippen LogP contribution is 2.40. The van der Waals surface area contributed by atoms with Crippen LogP contribution in [0.4, 0.5) is 10.3 Å². The van der Waals surface area contributed by atoms with Crippen molar-refractivity contribution in [1.29, 1.82) is 0 Å². The summed E-state index contributed by atoms with van der Waals surface area (Å²) in [5.41, 5.74) is 7.26. The minimum absolute atomic E-state index is 0.0117. The standard InChI is InChI=1S/C13H9ClFN3OS/c1-6-17-9(5-20-6)12-11(13(16)19-18-12)10-7(14)3-2-4-8(10)15/h2-5H,16H2,1H3. The molecule has 0 aliphatic heterocycles. The molecule has 20 heavy (non-hydrogen) atoms. The Kier molecular flexibility index (Phi) is 3.19. The van der Waals surface area contributed by atoms with Gasteiger partial charge in [-0.05, 0) is 19.1 Å². The van der Waals surface area contributed by atoms with Crippen molar-refractivity contribution in [2.45, 2.75) is 6.92 Å². The fourth-order valence-electron chi connectivity index (χ4n) is 1.93. The van der Waals surface area contributed by atoms with Crippen molar-refractivity contribution in [3.63, 3.8) is 0 Å². The van der Waals surface area contributed by atoms with Gasteiger partial charge in [0.2, 0.25) is 5.88 Å². The number of thiazole rings is 1. The van der Waals surface area contributed by atoms with Gasteiger partial charge in [0.1, 0.15) is 17.2 Å². The van der Waals surface area contributed by atoms with Gasteiger partial charge in [0, 0.05) is 10.9 Å². The Morgan fingerprint density at radius 2 is 2.15 bits per heavy atom. The molecular formula is C13H9ClFN3OS. The lowest BCUT2D eigenvalue weighted by Crippen LogP contribution is -1.92. The topological polar surface area (TPSA) is 64.9 Å². The van der Waals surface area contributed by atoms with Crippen LogP contribution in [0.15, 0.2) is 28.1 Å². The van der Waals surface area contributed by atoms with E-state index in [9.17, 15) is 4.39 Å². The second-order valence-corrected chi connectivity index (χ2v) is 5.59. The third-order valence-corrected chi connectivity index (χ3v) is 3.88. The fourth-order valence-corrected chi connectivity index (χ4v) is 2.78. The molecule has 0 fully saturated rings. The number of aryl methyl sites for hydroxylation is 1. The van der Waals surface area contributed by atoms with Crippen LogP contribution in [0.3, 0.4) is 0 Å². The molecule has 3 rings (SSSR count). The maximum absolute atomic E-state index is 14.1. The number of hydrogen-bond acceptors (Lipinski definition) is 5. The van der Waals surface area contributed by atoms with Crippen LogP contribution >= 0.6 is 22.9 Å². The van der Waals surface area contributed by atoms with Crippen molar-refractivity contribution < 1.29 is 8.91 Å². The SMILES string of the molecule is Cc1nc(-c2noc(N)c2-c2c(F)cccc2Cl)cs1. The Morgan fingerprint density at radius 1 is 1.35 bits per heavy atom. The summed E-state index contributed by atoms with van der Waals surface area (Å²) in [6.07, 6.45) is 0. The molecule has 0 radical (unpaired) electrons. The van der Waals surface area contributed by atoms with E-state index in [1.165, 1.54) is 23.5 Å². The molecule has 2 N–H and O–H groups in total. The Labute approximate surface area is 123 Å². The predicted molar refractivity (Wildman–Crippen MR) is 77.2 cm³/mol. The van der Waals surface area contributed by atoms with E-state index in [4.69, 9.17) is 21.9 Å². The monoisotopic (exact) mass is 309 g/mol. The minimum atomic E-state index is -0.486. The van der Waals surface area contributed by atoms with E-state index in [1.54, 1.807) is 6.07 Å². The van der Waals surface area contributed by atoms with E-state index in [-0.39, 0.29) is 16.5 Å². The number of nitrogens with two attached hydrogens (primary N) is 1. The molecule has 7 heteroatoms. The average Bonchev–Trinajstić information content (AvgIpc) is 2.97. The smallest absolute Gasteiger partial charge is 0.230 e. The van der Waals surface area contributed by atoms with Crippen molar-refractivity contribution in [2.24, 2.45) is 0 Å². The van der Waals surface area contributed by atoms with Crippen LogP contribution < -0.4 is 5.73 Å². The molecule has 2 heterocycles. The summed E-state index contributed by atoms with van der Waals surface area (Å²) in [5.74, 6) is -0.474. The summed E-state index contributed by atoms with van der Waals surface area (Å²) >= 11 is 7.54. The molecule has 0 spiro atoms. The highest BCUT2D eigenvalue weighted by Gasteiger charge is 2.23. The Bertz CT molecular complexity index is 764. The number of nitrogens with zero attached hydrogens (tertiary/aromatic N) is 2. The van der Waals surface area contributed by atoms with Crippen LogP contribution in [0.25, 0.3) is 22.5 Å². The van der Waals surface area contributed by atoms with Gasteiger partial charge in [-0.2, -0.15) is 0 Å². The highest BCUT2D eigenvalue weighted by atomic mass is 35.5. The Hall–Kier alpha value is -1.92. The molecule has 3 aromatic rings. The lowest BCUT2D eigenvalue weighted by molar-refractivity contribution is 0.439. The summed E-state index contributed by atoms with van der Waals surface area (Å²) in [4.78, 5) is 4.31. The van der Waals surface area contributed by atoms with Gasteiger partial charge in [-0.3, -0.25) is 0 Å². The number of benzene rings is 1. The van der Waals surface area contributed by atoms with Gasteiger partial charge >= 0.3 is 0 Å². The first-order valence-electron chi connectivity index (χ1n) is 5.70. The predicted octanol–water partition coefficient (Wildman–Crippen LogP) is 4.15. The van der Waals surface area contributed by atoms with Crippen LogP contribution in [0.1, 0.15) is 5.01 Å². The molecular weight excluding hydrogens is 301 g/mol. The van der Waals surface area contributed by atoms with Gasteiger partial charge < -0.3 is 10.3 Å². The molecule has 1 aromatic carbocycles. The zero-order chi connectivity index (χ0) is 14.3. The minimum Gasteiger partial charge on any atom is -0.367 e. The zero-order valence-corrected chi connectivity index (χ0v) is 11.9. The van der Waals surface area contributed by atoms with Crippen molar-refractivity contribution in [3.8, 4) is 22.5 Å². The molecule has 4 nitrogen and oxygen atoms in total. The highest BCUT2D eigenvalue weighted by molar-refractivity contribution is 7.09. The van der Waals surface area contributed by atoms with E-state index in [1.807, 2.05) is 12.3 Å². The average molecular weight is 310 g/mol. The first-order chi connectivity index (χ1) is 9.58. The van der Waals surface area contributed by atoms with Crippen molar-refractivity contribution in [3.05, 3.63) is 39.4 Å². The molecule has 0 atom stereocenters. The van der Waals surface area contributed by atoms with Crippen LogP contribution in [0, 0.1) is 12.7 Å². The molecule has 0 saturated heterocycles. The maximum Gasteiger partial charge on any atom is 0.230 e. The summed E-state index contributed by atoms with van der Waals surface area (Å²) in [6.45, 7) is 1.87. The molecule has 0 saturated carbocycles. The third kappa shape index (κ3) is 2.07.